The number of carbonyl (C=O) groups excluding carboxylic acids is 1. The number of thiophene rings is 1. The van der Waals surface area contributed by atoms with E-state index in [1.807, 2.05) is 11.4 Å². The minimum Gasteiger partial charge on any atom is -0.393 e. The summed E-state index contributed by atoms with van der Waals surface area (Å²) in [5.41, 5.74) is 0. The normalized spacial score (nSPS) is 22.0. The molecule has 3 rings (SSSR count). The number of nitrogens with one attached hydrogen (secondary N) is 1. The topological polar surface area (TPSA) is 80.0 Å². The molecule has 0 unspecified atom stereocenters. The fourth-order valence-electron chi connectivity index (χ4n) is 2.79. The van der Waals surface area contributed by atoms with E-state index in [9.17, 15) is 9.90 Å². The molecule has 2 aromatic rings. The predicted molar refractivity (Wildman–Crippen MR) is 83.2 cm³/mol. The third-order valence-electron chi connectivity index (χ3n) is 4.04. The molecule has 0 spiro atoms. The number of hydrogen-bond acceptors (Lipinski definition) is 5. The highest BCUT2D eigenvalue weighted by Crippen LogP contribution is 2.39. The number of aromatic nitrogens is 3. The lowest BCUT2D eigenvalue weighted by molar-refractivity contribution is -0.123. The van der Waals surface area contributed by atoms with Crippen molar-refractivity contribution >= 4 is 17.2 Å². The second kappa shape index (κ2) is 7.02. The van der Waals surface area contributed by atoms with Crippen LogP contribution < -0.4 is 5.32 Å². The highest BCUT2D eigenvalue weighted by atomic mass is 32.1. The van der Waals surface area contributed by atoms with Crippen molar-refractivity contribution in [2.24, 2.45) is 5.92 Å². The first-order valence-corrected chi connectivity index (χ1v) is 8.43. The van der Waals surface area contributed by atoms with Crippen LogP contribution in [0.4, 0.5) is 0 Å². The zero-order chi connectivity index (χ0) is 15.4. The third-order valence-corrected chi connectivity index (χ3v) is 5.00. The van der Waals surface area contributed by atoms with Crippen molar-refractivity contribution in [3.8, 4) is 0 Å². The number of nitrogens with zero attached hydrogens (tertiary/aromatic N) is 3. The van der Waals surface area contributed by atoms with E-state index < -0.39 is 0 Å². The van der Waals surface area contributed by atoms with Crippen LogP contribution in [0, 0.1) is 5.92 Å². The van der Waals surface area contributed by atoms with Crippen LogP contribution in [0.2, 0.25) is 0 Å². The van der Waals surface area contributed by atoms with Crippen LogP contribution in [-0.2, 0) is 11.3 Å². The minimum atomic E-state index is -0.211. The number of aryl methyl sites for hydroxylation is 1. The largest absolute Gasteiger partial charge is 0.393 e. The number of rotatable bonds is 7. The standard InChI is InChI=1S/C15H20N4O2S/c20-12-7-11(8-12)15(13-3-2-6-22-13)18-14(21)4-1-5-19-10-16-9-17-19/h2-3,6,9-12,15,20H,1,4-5,7-8H2,(H,18,21)/t11?,12?,15-/m0/s1. The Balaban J connectivity index is 1.50. The third kappa shape index (κ3) is 3.72. The smallest absolute Gasteiger partial charge is 0.220 e. The van der Waals surface area contributed by atoms with E-state index in [1.165, 1.54) is 11.2 Å². The van der Waals surface area contributed by atoms with Gasteiger partial charge in [0.1, 0.15) is 12.7 Å². The van der Waals surface area contributed by atoms with Gasteiger partial charge >= 0.3 is 0 Å². The molecule has 22 heavy (non-hydrogen) atoms. The van der Waals surface area contributed by atoms with Crippen molar-refractivity contribution in [2.75, 3.05) is 0 Å². The van der Waals surface area contributed by atoms with Gasteiger partial charge in [0.25, 0.3) is 0 Å². The summed E-state index contributed by atoms with van der Waals surface area (Å²) < 4.78 is 1.73. The molecule has 2 N–H and O–H groups in total. The van der Waals surface area contributed by atoms with Crippen LogP contribution in [0.25, 0.3) is 0 Å². The summed E-state index contributed by atoms with van der Waals surface area (Å²) >= 11 is 1.65. The first-order chi connectivity index (χ1) is 10.7. The van der Waals surface area contributed by atoms with Gasteiger partial charge in [-0.3, -0.25) is 9.48 Å². The molecule has 1 amide bonds. The fourth-order valence-corrected chi connectivity index (χ4v) is 3.66. The van der Waals surface area contributed by atoms with E-state index >= 15 is 0 Å². The minimum absolute atomic E-state index is 0.0299. The molecule has 0 aromatic carbocycles. The second-order valence-electron chi connectivity index (χ2n) is 5.71. The molecule has 1 saturated carbocycles. The van der Waals surface area contributed by atoms with Gasteiger partial charge in [0.05, 0.1) is 12.1 Å². The molecule has 0 aliphatic heterocycles. The van der Waals surface area contributed by atoms with Gasteiger partial charge in [0, 0.05) is 17.8 Å². The van der Waals surface area contributed by atoms with Gasteiger partial charge in [-0.05, 0) is 36.6 Å². The Hall–Kier alpha value is -1.73. The lowest BCUT2D eigenvalue weighted by Gasteiger charge is -2.37. The lowest BCUT2D eigenvalue weighted by atomic mass is 9.76. The number of carbonyl (C=O) groups is 1. The Morgan fingerprint density at radius 1 is 1.55 bits per heavy atom. The maximum atomic E-state index is 12.2. The molecule has 6 nitrogen and oxygen atoms in total. The molecule has 2 heterocycles. The summed E-state index contributed by atoms with van der Waals surface area (Å²) in [6.07, 6.45) is 5.67. The van der Waals surface area contributed by atoms with Gasteiger partial charge in [0.15, 0.2) is 0 Å². The Labute approximate surface area is 133 Å². The highest BCUT2D eigenvalue weighted by molar-refractivity contribution is 7.10. The van der Waals surface area contributed by atoms with E-state index in [4.69, 9.17) is 0 Å². The predicted octanol–water partition coefficient (Wildman–Crippen LogP) is 1.75. The van der Waals surface area contributed by atoms with Gasteiger partial charge in [-0.1, -0.05) is 6.07 Å². The second-order valence-corrected chi connectivity index (χ2v) is 6.69. The molecule has 118 valence electrons. The summed E-state index contributed by atoms with van der Waals surface area (Å²) in [4.78, 5) is 17.2. The zero-order valence-corrected chi connectivity index (χ0v) is 13.1. The molecule has 0 saturated heterocycles. The number of hydrogen-bond donors (Lipinski definition) is 2. The van der Waals surface area contributed by atoms with Crippen molar-refractivity contribution in [1.29, 1.82) is 0 Å². The fraction of sp³-hybridized carbons (Fsp3) is 0.533. The van der Waals surface area contributed by atoms with Gasteiger partial charge in [-0.15, -0.1) is 11.3 Å². The first kappa shape index (κ1) is 15.2. The van der Waals surface area contributed by atoms with Gasteiger partial charge < -0.3 is 10.4 Å². The van der Waals surface area contributed by atoms with E-state index in [1.54, 1.807) is 22.3 Å². The molecule has 7 heteroatoms. The zero-order valence-electron chi connectivity index (χ0n) is 12.3. The Morgan fingerprint density at radius 3 is 3.05 bits per heavy atom. The maximum absolute atomic E-state index is 12.2. The van der Waals surface area contributed by atoms with Gasteiger partial charge in [-0.2, -0.15) is 5.10 Å². The first-order valence-electron chi connectivity index (χ1n) is 7.55. The Kier molecular flexibility index (Phi) is 4.84. The molecule has 1 atom stereocenters. The van der Waals surface area contributed by atoms with Crippen molar-refractivity contribution in [2.45, 2.75) is 44.4 Å². The van der Waals surface area contributed by atoms with Crippen molar-refractivity contribution < 1.29 is 9.90 Å². The number of amides is 1. The average molecular weight is 320 g/mol. The Bertz CT molecular complexity index is 579. The summed E-state index contributed by atoms with van der Waals surface area (Å²) in [6.45, 7) is 0.694. The van der Waals surface area contributed by atoms with Crippen LogP contribution in [0.5, 0.6) is 0 Å². The van der Waals surface area contributed by atoms with Gasteiger partial charge in [0.2, 0.25) is 5.91 Å². The van der Waals surface area contributed by atoms with Crippen LogP contribution in [-0.4, -0.2) is 31.9 Å². The van der Waals surface area contributed by atoms with E-state index in [-0.39, 0.29) is 18.1 Å². The monoisotopic (exact) mass is 320 g/mol. The SMILES string of the molecule is O=C(CCCn1cncn1)N[C@H](c1cccs1)C1CC(O)C1. The molecule has 0 radical (unpaired) electrons. The van der Waals surface area contributed by atoms with Crippen molar-refractivity contribution in [1.82, 2.24) is 20.1 Å². The maximum Gasteiger partial charge on any atom is 0.220 e. The van der Waals surface area contributed by atoms with Crippen LogP contribution in [0.3, 0.4) is 0 Å². The van der Waals surface area contributed by atoms with Crippen molar-refractivity contribution in [3.63, 3.8) is 0 Å². The van der Waals surface area contributed by atoms with Gasteiger partial charge in [-0.25, -0.2) is 4.98 Å². The quantitative estimate of drug-likeness (QED) is 0.814. The molecule has 1 aliphatic rings. The molecule has 0 bridgehead atoms. The summed E-state index contributed by atoms with van der Waals surface area (Å²) in [5.74, 6) is 0.396. The van der Waals surface area contributed by atoms with Crippen LogP contribution in [0.15, 0.2) is 30.2 Å². The summed E-state index contributed by atoms with van der Waals surface area (Å²) in [7, 11) is 0. The highest BCUT2D eigenvalue weighted by Gasteiger charge is 2.35. The molecular weight excluding hydrogens is 300 g/mol. The van der Waals surface area contributed by atoms with E-state index in [0.29, 0.717) is 18.9 Å². The van der Waals surface area contributed by atoms with E-state index in [0.717, 1.165) is 19.3 Å². The van der Waals surface area contributed by atoms with Crippen molar-refractivity contribution in [3.05, 3.63) is 35.0 Å². The molecular formula is C15H20N4O2S. The van der Waals surface area contributed by atoms with Crippen LogP contribution in [0.1, 0.15) is 36.6 Å². The molecule has 2 aromatic heterocycles. The molecule has 1 fully saturated rings. The summed E-state index contributed by atoms with van der Waals surface area (Å²) in [6, 6.07) is 4.08. The molecule has 1 aliphatic carbocycles. The lowest BCUT2D eigenvalue weighted by Crippen LogP contribution is -2.41. The number of aliphatic hydroxyl groups is 1. The van der Waals surface area contributed by atoms with E-state index in [2.05, 4.69) is 21.5 Å². The average Bonchev–Trinajstić information content (AvgIpc) is 3.14. The van der Waals surface area contributed by atoms with Crippen LogP contribution >= 0.6 is 11.3 Å². The summed E-state index contributed by atoms with van der Waals surface area (Å²) in [5, 5.41) is 18.7. The Morgan fingerprint density at radius 2 is 2.41 bits per heavy atom. The number of aliphatic hydroxyl groups excluding tert-OH is 1.